The smallest absolute Gasteiger partial charge is 0.266 e. The van der Waals surface area contributed by atoms with Gasteiger partial charge in [-0.1, -0.05) is 53.8 Å². The molecular formula is C20H18ClNO2S3. The van der Waals surface area contributed by atoms with Crippen LogP contribution in [0.2, 0.25) is 5.02 Å². The van der Waals surface area contributed by atoms with Gasteiger partial charge in [0.15, 0.2) is 0 Å². The van der Waals surface area contributed by atoms with Crippen LogP contribution in [0.1, 0.15) is 12.5 Å². The molecule has 140 valence electrons. The molecule has 1 fully saturated rings. The molecule has 0 atom stereocenters. The van der Waals surface area contributed by atoms with E-state index in [2.05, 4.69) is 0 Å². The molecule has 1 heterocycles. The van der Waals surface area contributed by atoms with Crippen LogP contribution >= 0.6 is 47.3 Å². The molecule has 0 saturated carbocycles. The van der Waals surface area contributed by atoms with Gasteiger partial charge in [0.05, 0.1) is 11.5 Å². The highest BCUT2D eigenvalue weighted by atomic mass is 35.5. The van der Waals surface area contributed by atoms with Crippen molar-refractivity contribution in [3.63, 3.8) is 0 Å². The van der Waals surface area contributed by atoms with Crippen LogP contribution in [0.4, 0.5) is 0 Å². The van der Waals surface area contributed by atoms with E-state index in [4.69, 9.17) is 28.6 Å². The number of likely N-dealkylation sites (N-methyl/N-ethyl adjacent to an activating group) is 1. The number of rotatable bonds is 7. The first-order chi connectivity index (χ1) is 13.1. The lowest BCUT2D eigenvalue weighted by molar-refractivity contribution is -0.121. The lowest BCUT2D eigenvalue weighted by Crippen LogP contribution is -2.27. The Balaban J connectivity index is 1.62. The molecule has 0 aromatic heterocycles. The number of hydrogen-bond acceptors (Lipinski definition) is 5. The summed E-state index contributed by atoms with van der Waals surface area (Å²) >= 11 is 14.2. The zero-order chi connectivity index (χ0) is 19.2. The quantitative estimate of drug-likeness (QED) is 0.240. The van der Waals surface area contributed by atoms with Crippen LogP contribution in [0, 0.1) is 0 Å². The van der Waals surface area contributed by atoms with Crippen molar-refractivity contribution in [2.24, 2.45) is 0 Å². The normalized spacial score (nSPS) is 15.6. The maximum Gasteiger partial charge on any atom is 0.266 e. The fourth-order valence-electron chi connectivity index (χ4n) is 2.49. The molecule has 27 heavy (non-hydrogen) atoms. The molecule has 3 rings (SSSR count). The molecule has 7 heteroatoms. The van der Waals surface area contributed by atoms with Crippen molar-refractivity contribution in [1.29, 1.82) is 0 Å². The second-order valence-electron chi connectivity index (χ2n) is 5.61. The Hall–Kier alpha value is -1.47. The molecule has 0 radical (unpaired) electrons. The van der Waals surface area contributed by atoms with E-state index in [1.807, 2.05) is 61.5 Å². The van der Waals surface area contributed by atoms with Crippen LogP contribution in [0.25, 0.3) is 6.08 Å². The SMILES string of the molecule is CCN1C(=O)/C(=C/c2ccccc2OCCSc2ccc(Cl)cc2)SC1=S. The molecule has 3 nitrogen and oxygen atoms in total. The molecule has 0 unspecified atom stereocenters. The molecular weight excluding hydrogens is 418 g/mol. The average molecular weight is 436 g/mol. The minimum atomic E-state index is -0.0411. The Kier molecular flexibility index (Phi) is 7.24. The van der Waals surface area contributed by atoms with Crippen LogP contribution in [-0.4, -0.2) is 34.0 Å². The summed E-state index contributed by atoms with van der Waals surface area (Å²) in [5.41, 5.74) is 0.880. The van der Waals surface area contributed by atoms with E-state index in [1.165, 1.54) is 11.8 Å². The summed E-state index contributed by atoms with van der Waals surface area (Å²) in [6.07, 6.45) is 1.86. The number of thiocarbonyl (C=S) groups is 1. The number of carbonyl (C=O) groups is 1. The summed E-state index contributed by atoms with van der Waals surface area (Å²) in [6.45, 7) is 3.07. The first-order valence-corrected chi connectivity index (χ1v) is 11.0. The molecule has 1 amide bonds. The lowest BCUT2D eigenvalue weighted by atomic mass is 10.2. The summed E-state index contributed by atoms with van der Waals surface area (Å²) in [5.74, 6) is 1.53. The number of nitrogens with zero attached hydrogens (tertiary/aromatic N) is 1. The Morgan fingerprint density at radius 2 is 1.96 bits per heavy atom. The van der Waals surface area contributed by atoms with E-state index in [1.54, 1.807) is 16.7 Å². The highest BCUT2D eigenvalue weighted by molar-refractivity contribution is 8.26. The fourth-order valence-corrected chi connectivity index (χ4v) is 4.72. The van der Waals surface area contributed by atoms with E-state index < -0.39 is 0 Å². The monoisotopic (exact) mass is 435 g/mol. The number of benzene rings is 2. The minimum absolute atomic E-state index is 0.0411. The Labute approximate surface area is 178 Å². The second-order valence-corrected chi connectivity index (χ2v) is 8.90. The average Bonchev–Trinajstić information content (AvgIpc) is 2.94. The lowest BCUT2D eigenvalue weighted by Gasteiger charge is -2.10. The van der Waals surface area contributed by atoms with Gasteiger partial charge >= 0.3 is 0 Å². The summed E-state index contributed by atoms with van der Waals surface area (Å²) in [5, 5.41) is 0.734. The molecule has 0 N–H and O–H groups in total. The van der Waals surface area contributed by atoms with Crippen molar-refractivity contribution in [2.45, 2.75) is 11.8 Å². The van der Waals surface area contributed by atoms with Gasteiger partial charge in [-0.05, 0) is 43.3 Å². The van der Waals surface area contributed by atoms with Crippen molar-refractivity contribution in [1.82, 2.24) is 4.90 Å². The molecule has 0 bridgehead atoms. The van der Waals surface area contributed by atoms with E-state index >= 15 is 0 Å². The number of thioether (sulfide) groups is 2. The number of ether oxygens (including phenoxy) is 1. The van der Waals surface area contributed by atoms with Crippen molar-refractivity contribution in [3.8, 4) is 5.75 Å². The predicted molar refractivity (Wildman–Crippen MR) is 120 cm³/mol. The van der Waals surface area contributed by atoms with Crippen LogP contribution < -0.4 is 4.74 Å². The highest BCUT2D eigenvalue weighted by Gasteiger charge is 2.30. The van der Waals surface area contributed by atoms with Gasteiger partial charge in [-0.3, -0.25) is 9.69 Å². The molecule has 1 aliphatic rings. The summed E-state index contributed by atoms with van der Waals surface area (Å²) in [7, 11) is 0. The van der Waals surface area contributed by atoms with Crippen molar-refractivity contribution < 1.29 is 9.53 Å². The predicted octanol–water partition coefficient (Wildman–Crippen LogP) is 5.73. The molecule has 2 aromatic carbocycles. The maximum absolute atomic E-state index is 12.4. The fraction of sp³-hybridized carbons (Fsp3) is 0.200. The molecule has 0 spiro atoms. The van der Waals surface area contributed by atoms with Gasteiger partial charge in [0, 0.05) is 27.8 Å². The Bertz CT molecular complexity index is 868. The van der Waals surface area contributed by atoms with Gasteiger partial charge in [0.2, 0.25) is 0 Å². The van der Waals surface area contributed by atoms with Crippen LogP contribution in [0.15, 0.2) is 58.3 Å². The molecule has 1 aliphatic heterocycles. The summed E-state index contributed by atoms with van der Waals surface area (Å²) in [6, 6.07) is 15.5. The number of amides is 1. The molecule has 0 aliphatic carbocycles. The standard InChI is InChI=1S/C20H18ClNO2S3/c1-2-22-19(23)18(27-20(22)25)13-14-5-3-4-6-17(14)24-11-12-26-16-9-7-15(21)8-10-16/h3-10,13H,2,11-12H2,1H3/b18-13-. The van der Waals surface area contributed by atoms with Gasteiger partial charge in [-0.15, -0.1) is 11.8 Å². The number of carbonyl (C=O) groups excluding carboxylic acids is 1. The number of para-hydroxylation sites is 1. The largest absolute Gasteiger partial charge is 0.492 e. The van der Waals surface area contributed by atoms with Crippen LogP contribution in [0.5, 0.6) is 5.75 Å². The molecule has 1 saturated heterocycles. The van der Waals surface area contributed by atoms with Gasteiger partial charge < -0.3 is 4.74 Å². The van der Waals surface area contributed by atoms with Crippen LogP contribution in [0.3, 0.4) is 0 Å². The summed E-state index contributed by atoms with van der Waals surface area (Å²) in [4.78, 5) is 15.8. The maximum atomic E-state index is 12.4. The van der Waals surface area contributed by atoms with Gasteiger partial charge in [-0.2, -0.15) is 0 Å². The first kappa shape index (κ1) is 20.3. The Morgan fingerprint density at radius 3 is 2.67 bits per heavy atom. The first-order valence-electron chi connectivity index (χ1n) is 8.44. The minimum Gasteiger partial charge on any atom is -0.492 e. The van der Waals surface area contributed by atoms with Gasteiger partial charge in [0.25, 0.3) is 5.91 Å². The second kappa shape index (κ2) is 9.64. The zero-order valence-electron chi connectivity index (χ0n) is 14.7. The van der Waals surface area contributed by atoms with Gasteiger partial charge in [0.1, 0.15) is 10.1 Å². The van der Waals surface area contributed by atoms with E-state index in [0.29, 0.717) is 22.4 Å². The topological polar surface area (TPSA) is 29.5 Å². The van der Waals surface area contributed by atoms with Crippen molar-refractivity contribution in [2.75, 3.05) is 18.9 Å². The van der Waals surface area contributed by atoms with E-state index in [0.717, 1.165) is 27.0 Å². The van der Waals surface area contributed by atoms with Crippen molar-refractivity contribution >= 4 is 63.6 Å². The highest BCUT2D eigenvalue weighted by Crippen LogP contribution is 2.34. The van der Waals surface area contributed by atoms with Gasteiger partial charge in [-0.25, -0.2) is 0 Å². The zero-order valence-corrected chi connectivity index (χ0v) is 17.9. The van der Waals surface area contributed by atoms with E-state index in [9.17, 15) is 4.79 Å². The van der Waals surface area contributed by atoms with E-state index in [-0.39, 0.29) is 5.91 Å². The summed E-state index contributed by atoms with van der Waals surface area (Å²) < 4.78 is 6.55. The van der Waals surface area contributed by atoms with Crippen LogP contribution in [-0.2, 0) is 4.79 Å². The Morgan fingerprint density at radius 1 is 1.22 bits per heavy atom. The number of halogens is 1. The third-order valence-corrected chi connectivity index (χ3v) is 6.42. The molecule has 2 aromatic rings. The number of hydrogen-bond donors (Lipinski definition) is 0. The third kappa shape index (κ3) is 5.29. The van der Waals surface area contributed by atoms with Crippen molar-refractivity contribution in [3.05, 3.63) is 64.0 Å². The third-order valence-electron chi connectivity index (χ3n) is 3.82.